The van der Waals surface area contributed by atoms with E-state index in [1.807, 2.05) is 0 Å². The zero-order chi connectivity index (χ0) is 16.3. The molecule has 1 aromatic heterocycles. The summed E-state index contributed by atoms with van der Waals surface area (Å²) in [5, 5.41) is 8.93. The number of aryl methyl sites for hydroxylation is 1. The third-order valence-corrected chi connectivity index (χ3v) is 4.89. The Labute approximate surface area is 128 Å². The van der Waals surface area contributed by atoms with Gasteiger partial charge in [-0.1, -0.05) is 18.2 Å². The summed E-state index contributed by atoms with van der Waals surface area (Å²) in [5.41, 5.74) is 0.292. The van der Waals surface area contributed by atoms with Crippen LogP contribution in [0.25, 0.3) is 0 Å². The van der Waals surface area contributed by atoms with E-state index in [9.17, 15) is 13.2 Å². The van der Waals surface area contributed by atoms with Crippen LogP contribution < -0.4 is 0 Å². The SMILES string of the molecule is Cc1nc(CN(C)S(=O)(=O)c2ccccc2)ncc1C(=O)O. The first kappa shape index (κ1) is 16.1. The van der Waals surface area contributed by atoms with Gasteiger partial charge in [0.1, 0.15) is 5.82 Å². The van der Waals surface area contributed by atoms with E-state index >= 15 is 0 Å². The van der Waals surface area contributed by atoms with Crippen LogP contribution in [-0.4, -0.2) is 40.8 Å². The standard InChI is InChI=1S/C14H15N3O4S/c1-10-12(14(18)19)8-15-13(16-10)9-17(2)22(20,21)11-6-4-3-5-7-11/h3-8H,9H2,1-2H3,(H,18,19). The zero-order valence-corrected chi connectivity index (χ0v) is 12.9. The van der Waals surface area contributed by atoms with Crippen LogP contribution in [-0.2, 0) is 16.6 Å². The lowest BCUT2D eigenvalue weighted by Gasteiger charge is -2.16. The maximum atomic E-state index is 12.4. The van der Waals surface area contributed by atoms with Crippen molar-refractivity contribution in [2.24, 2.45) is 0 Å². The number of rotatable bonds is 5. The lowest BCUT2D eigenvalue weighted by molar-refractivity contribution is 0.0695. The molecule has 1 N–H and O–H groups in total. The number of aromatic carboxylic acids is 1. The molecule has 0 unspecified atom stereocenters. The quantitative estimate of drug-likeness (QED) is 0.891. The van der Waals surface area contributed by atoms with Crippen molar-refractivity contribution >= 4 is 16.0 Å². The normalized spacial score (nSPS) is 11.6. The van der Waals surface area contributed by atoms with E-state index in [0.717, 1.165) is 4.31 Å². The summed E-state index contributed by atoms with van der Waals surface area (Å²) < 4.78 is 25.9. The molecular weight excluding hydrogens is 306 g/mol. The number of nitrogens with zero attached hydrogens (tertiary/aromatic N) is 3. The van der Waals surface area contributed by atoms with Gasteiger partial charge in [0.05, 0.1) is 22.7 Å². The number of sulfonamides is 1. The van der Waals surface area contributed by atoms with Gasteiger partial charge in [0.25, 0.3) is 0 Å². The van der Waals surface area contributed by atoms with Gasteiger partial charge in [-0.3, -0.25) is 0 Å². The van der Waals surface area contributed by atoms with Gasteiger partial charge in [-0.2, -0.15) is 4.31 Å². The van der Waals surface area contributed by atoms with Crippen molar-refractivity contribution in [2.45, 2.75) is 18.4 Å². The Balaban J connectivity index is 2.24. The van der Waals surface area contributed by atoms with Crippen LogP contribution in [0.4, 0.5) is 0 Å². The fourth-order valence-corrected chi connectivity index (χ4v) is 3.00. The maximum Gasteiger partial charge on any atom is 0.339 e. The third kappa shape index (κ3) is 3.29. The first-order valence-electron chi connectivity index (χ1n) is 6.39. The second-order valence-corrected chi connectivity index (χ2v) is 6.71. The molecule has 0 saturated carbocycles. The number of carbonyl (C=O) groups is 1. The van der Waals surface area contributed by atoms with Gasteiger partial charge in [-0.25, -0.2) is 23.2 Å². The molecule has 0 aliphatic rings. The number of benzene rings is 1. The van der Waals surface area contributed by atoms with E-state index in [0.29, 0.717) is 5.69 Å². The predicted octanol–water partition coefficient (Wildman–Crippen LogP) is 1.30. The van der Waals surface area contributed by atoms with E-state index in [1.54, 1.807) is 25.1 Å². The molecule has 0 spiro atoms. The molecule has 0 aliphatic heterocycles. The highest BCUT2D eigenvalue weighted by atomic mass is 32.2. The van der Waals surface area contributed by atoms with Gasteiger partial charge in [0.15, 0.2) is 0 Å². The van der Waals surface area contributed by atoms with Crippen LogP contribution in [0.2, 0.25) is 0 Å². The molecule has 1 aromatic carbocycles. The molecule has 2 aromatic rings. The van der Waals surface area contributed by atoms with Gasteiger partial charge in [-0.05, 0) is 19.1 Å². The van der Waals surface area contributed by atoms with Gasteiger partial charge in [0, 0.05) is 13.2 Å². The topological polar surface area (TPSA) is 100 Å². The highest BCUT2D eigenvalue weighted by molar-refractivity contribution is 7.89. The minimum absolute atomic E-state index is 0.00248. The van der Waals surface area contributed by atoms with Gasteiger partial charge in [0.2, 0.25) is 10.0 Å². The summed E-state index contributed by atoms with van der Waals surface area (Å²) in [6.07, 6.45) is 1.18. The molecule has 0 aliphatic carbocycles. The molecule has 116 valence electrons. The molecule has 0 radical (unpaired) electrons. The highest BCUT2D eigenvalue weighted by Crippen LogP contribution is 2.15. The van der Waals surface area contributed by atoms with Gasteiger partial charge >= 0.3 is 5.97 Å². The van der Waals surface area contributed by atoms with E-state index in [2.05, 4.69) is 9.97 Å². The van der Waals surface area contributed by atoms with Crippen molar-refractivity contribution < 1.29 is 18.3 Å². The molecule has 8 heteroatoms. The number of aromatic nitrogens is 2. The third-order valence-electron chi connectivity index (χ3n) is 3.08. The fourth-order valence-electron chi connectivity index (χ4n) is 1.86. The molecular formula is C14H15N3O4S. The van der Waals surface area contributed by atoms with Gasteiger partial charge < -0.3 is 5.11 Å². The van der Waals surface area contributed by atoms with Crippen LogP contribution >= 0.6 is 0 Å². The summed E-state index contributed by atoms with van der Waals surface area (Å²) in [6, 6.07) is 8.03. The average Bonchev–Trinajstić information content (AvgIpc) is 2.47. The molecule has 0 saturated heterocycles. The van der Waals surface area contributed by atoms with Crippen molar-refractivity contribution in [3.05, 3.63) is 53.6 Å². The molecule has 2 rings (SSSR count). The Morgan fingerprint density at radius 2 is 1.91 bits per heavy atom. The Kier molecular flexibility index (Phi) is 4.53. The molecule has 7 nitrogen and oxygen atoms in total. The zero-order valence-electron chi connectivity index (χ0n) is 12.1. The molecule has 22 heavy (non-hydrogen) atoms. The van der Waals surface area contributed by atoms with Crippen LogP contribution in [0, 0.1) is 6.92 Å². The van der Waals surface area contributed by atoms with E-state index < -0.39 is 16.0 Å². The largest absolute Gasteiger partial charge is 0.478 e. The Bertz CT molecular complexity index is 791. The number of carboxylic acids is 1. The lowest BCUT2D eigenvalue weighted by Crippen LogP contribution is -2.27. The van der Waals surface area contributed by atoms with Crippen molar-refractivity contribution in [2.75, 3.05) is 7.05 Å². The summed E-state index contributed by atoms with van der Waals surface area (Å²) in [5.74, 6) is -0.876. The van der Waals surface area contributed by atoms with Crippen LogP contribution in [0.5, 0.6) is 0 Å². The summed E-state index contributed by atoms with van der Waals surface area (Å²) in [4.78, 5) is 19.0. The van der Waals surface area contributed by atoms with E-state index in [4.69, 9.17) is 5.11 Å². The molecule has 0 atom stereocenters. The maximum absolute atomic E-state index is 12.4. The number of hydrogen-bond acceptors (Lipinski definition) is 5. The van der Waals surface area contributed by atoms with Gasteiger partial charge in [-0.15, -0.1) is 0 Å². The minimum Gasteiger partial charge on any atom is -0.478 e. The van der Waals surface area contributed by atoms with Crippen molar-refractivity contribution in [1.29, 1.82) is 0 Å². The number of hydrogen-bond donors (Lipinski definition) is 1. The average molecular weight is 321 g/mol. The molecule has 0 bridgehead atoms. The van der Waals surface area contributed by atoms with Crippen molar-refractivity contribution in [1.82, 2.24) is 14.3 Å². The second-order valence-electron chi connectivity index (χ2n) is 4.66. The molecule has 1 heterocycles. The summed E-state index contributed by atoms with van der Waals surface area (Å²) in [6.45, 7) is 1.50. The first-order valence-corrected chi connectivity index (χ1v) is 7.83. The Morgan fingerprint density at radius 3 is 2.45 bits per heavy atom. The second kappa shape index (κ2) is 6.20. The number of carboxylic acid groups (broad SMARTS) is 1. The van der Waals surface area contributed by atoms with E-state index in [-0.39, 0.29) is 22.8 Å². The Hall–Kier alpha value is -2.32. The predicted molar refractivity (Wildman–Crippen MR) is 78.8 cm³/mol. The minimum atomic E-state index is -3.64. The molecule has 0 amide bonds. The first-order chi connectivity index (χ1) is 10.3. The summed E-state index contributed by atoms with van der Waals surface area (Å²) >= 11 is 0. The molecule has 0 fully saturated rings. The van der Waals surface area contributed by atoms with Crippen molar-refractivity contribution in [3.8, 4) is 0 Å². The monoisotopic (exact) mass is 321 g/mol. The highest BCUT2D eigenvalue weighted by Gasteiger charge is 2.22. The lowest BCUT2D eigenvalue weighted by atomic mass is 10.2. The van der Waals surface area contributed by atoms with Crippen molar-refractivity contribution in [3.63, 3.8) is 0 Å². The Morgan fingerprint density at radius 1 is 1.27 bits per heavy atom. The van der Waals surface area contributed by atoms with Crippen LogP contribution in [0.15, 0.2) is 41.4 Å². The van der Waals surface area contributed by atoms with Crippen LogP contribution in [0.1, 0.15) is 21.9 Å². The summed E-state index contributed by atoms with van der Waals surface area (Å²) in [7, 11) is -2.22. The smallest absolute Gasteiger partial charge is 0.339 e. The van der Waals surface area contributed by atoms with E-state index in [1.165, 1.54) is 25.4 Å². The fraction of sp³-hybridized carbons (Fsp3) is 0.214. The van der Waals surface area contributed by atoms with Crippen LogP contribution in [0.3, 0.4) is 0 Å².